The van der Waals surface area contributed by atoms with Crippen LogP contribution in [0.1, 0.15) is 56.6 Å². The molecule has 0 radical (unpaired) electrons. The van der Waals surface area contributed by atoms with Crippen LogP contribution in [0.5, 0.6) is 5.75 Å². The van der Waals surface area contributed by atoms with Gasteiger partial charge < -0.3 is 15.2 Å². The Hall–Kier alpha value is -1.39. The van der Waals surface area contributed by atoms with E-state index in [1.165, 1.54) is 6.92 Å². The highest BCUT2D eigenvalue weighted by Crippen LogP contribution is 2.40. The maximum Gasteiger partial charge on any atom is 0.159 e. The second-order valence-corrected chi connectivity index (χ2v) is 6.26. The molecule has 1 aromatic carbocycles. The van der Waals surface area contributed by atoms with Crippen molar-refractivity contribution in [2.75, 3.05) is 0 Å². The van der Waals surface area contributed by atoms with Crippen molar-refractivity contribution in [2.24, 2.45) is 0 Å². The Morgan fingerprint density at radius 2 is 2.05 bits per heavy atom. The maximum absolute atomic E-state index is 11.5. The average molecular weight is 277 g/mol. The van der Waals surface area contributed by atoms with Gasteiger partial charge in [0.1, 0.15) is 17.5 Å². The fourth-order valence-electron chi connectivity index (χ4n) is 2.56. The van der Waals surface area contributed by atoms with Gasteiger partial charge in [0.2, 0.25) is 0 Å². The molecule has 1 aliphatic heterocycles. The quantitative estimate of drug-likeness (QED) is 0.833. The number of nitrogens with one attached hydrogen (secondary N) is 1. The third-order valence-electron chi connectivity index (χ3n) is 3.67. The fourth-order valence-corrected chi connectivity index (χ4v) is 2.56. The van der Waals surface area contributed by atoms with Crippen LogP contribution in [-0.4, -0.2) is 28.6 Å². The van der Waals surface area contributed by atoms with Gasteiger partial charge in [-0.05, 0) is 39.0 Å². The van der Waals surface area contributed by atoms with E-state index in [0.29, 0.717) is 5.56 Å². The van der Waals surface area contributed by atoms with Crippen molar-refractivity contribution in [1.82, 2.24) is 5.32 Å². The normalized spacial score (nSPS) is 24.1. The van der Waals surface area contributed by atoms with Crippen molar-refractivity contribution in [3.8, 4) is 5.75 Å². The van der Waals surface area contributed by atoms with E-state index in [1.807, 2.05) is 39.8 Å². The number of ether oxygens (including phenoxy) is 1. The molecule has 0 saturated carbocycles. The zero-order valence-electron chi connectivity index (χ0n) is 12.7. The highest BCUT2D eigenvalue weighted by Gasteiger charge is 2.43. The van der Waals surface area contributed by atoms with Gasteiger partial charge in [-0.25, -0.2) is 0 Å². The van der Waals surface area contributed by atoms with Crippen molar-refractivity contribution in [1.29, 1.82) is 0 Å². The Morgan fingerprint density at radius 1 is 1.40 bits per heavy atom. The summed E-state index contributed by atoms with van der Waals surface area (Å²) in [5, 5.41) is 13.9. The number of ketones is 1. The first-order chi connectivity index (χ1) is 9.22. The second-order valence-electron chi connectivity index (χ2n) is 6.26. The van der Waals surface area contributed by atoms with Crippen LogP contribution in [0.4, 0.5) is 0 Å². The number of fused-ring (bicyclic) bond motifs is 1. The van der Waals surface area contributed by atoms with Gasteiger partial charge in [0.15, 0.2) is 5.78 Å². The predicted molar refractivity (Wildman–Crippen MR) is 78.2 cm³/mol. The Kier molecular flexibility index (Phi) is 3.89. The molecule has 4 nitrogen and oxygen atoms in total. The number of carbonyl (C=O) groups excluding carboxylic acids is 1. The minimum absolute atomic E-state index is 0.00965. The van der Waals surface area contributed by atoms with Crippen molar-refractivity contribution in [3.05, 3.63) is 29.3 Å². The zero-order valence-corrected chi connectivity index (χ0v) is 12.7. The first-order valence-electron chi connectivity index (χ1n) is 7.00. The number of rotatable bonds is 3. The van der Waals surface area contributed by atoms with Crippen LogP contribution in [0.15, 0.2) is 18.2 Å². The van der Waals surface area contributed by atoms with Gasteiger partial charge >= 0.3 is 0 Å². The molecule has 20 heavy (non-hydrogen) atoms. The monoisotopic (exact) mass is 277 g/mol. The molecule has 2 N–H and O–H groups in total. The zero-order chi connectivity index (χ0) is 15.1. The summed E-state index contributed by atoms with van der Waals surface area (Å²) in [6.45, 7) is 9.34. The van der Waals surface area contributed by atoms with Gasteiger partial charge in [0.05, 0.1) is 6.04 Å². The fraction of sp³-hybridized carbons (Fsp3) is 0.562. The van der Waals surface area contributed by atoms with Gasteiger partial charge in [-0.3, -0.25) is 4.79 Å². The summed E-state index contributed by atoms with van der Waals surface area (Å²) in [6.07, 6.45) is -0.681. The van der Waals surface area contributed by atoms with Gasteiger partial charge in [-0.15, -0.1) is 0 Å². The standard InChI is InChI=1S/C16H23NO3/c1-9(2)17-14-12-8-11(10(3)18)6-7-13(12)20-16(4,5)15(14)19/h6-9,14-15,17,19H,1-5H3. The lowest BCUT2D eigenvalue weighted by Crippen LogP contribution is -2.53. The van der Waals surface area contributed by atoms with E-state index in [9.17, 15) is 9.90 Å². The van der Waals surface area contributed by atoms with Crippen LogP contribution in [0.25, 0.3) is 0 Å². The van der Waals surface area contributed by atoms with Gasteiger partial charge in [0, 0.05) is 17.2 Å². The molecule has 2 rings (SSSR count). The van der Waals surface area contributed by atoms with Crippen LogP contribution >= 0.6 is 0 Å². The smallest absolute Gasteiger partial charge is 0.159 e. The summed E-state index contributed by atoms with van der Waals surface area (Å²) in [5.41, 5.74) is 0.810. The van der Waals surface area contributed by atoms with E-state index in [2.05, 4.69) is 5.32 Å². The molecule has 110 valence electrons. The first-order valence-corrected chi connectivity index (χ1v) is 7.00. The van der Waals surface area contributed by atoms with Crippen LogP contribution in [0.3, 0.4) is 0 Å². The molecular weight excluding hydrogens is 254 g/mol. The molecule has 4 heteroatoms. The van der Waals surface area contributed by atoms with Crippen LogP contribution in [0.2, 0.25) is 0 Å². The lowest BCUT2D eigenvalue weighted by Gasteiger charge is -2.43. The largest absolute Gasteiger partial charge is 0.485 e. The molecule has 0 spiro atoms. The summed E-state index contributed by atoms with van der Waals surface area (Å²) < 4.78 is 5.88. The Balaban J connectivity index is 2.50. The Labute approximate surface area is 120 Å². The molecular formula is C16H23NO3. The van der Waals surface area contributed by atoms with Gasteiger partial charge in [0.25, 0.3) is 0 Å². The van der Waals surface area contributed by atoms with Gasteiger partial charge in [-0.2, -0.15) is 0 Å². The molecule has 0 amide bonds. The van der Waals surface area contributed by atoms with Crippen molar-refractivity contribution < 1.29 is 14.6 Å². The lowest BCUT2D eigenvalue weighted by atomic mass is 9.85. The van der Waals surface area contributed by atoms with Crippen molar-refractivity contribution >= 4 is 5.78 Å². The minimum Gasteiger partial charge on any atom is -0.485 e. The average Bonchev–Trinajstić information content (AvgIpc) is 2.33. The van der Waals surface area contributed by atoms with Crippen LogP contribution in [0, 0.1) is 0 Å². The summed E-state index contributed by atoms with van der Waals surface area (Å²) in [6, 6.07) is 5.37. The number of aliphatic hydroxyl groups is 1. The number of aliphatic hydroxyl groups excluding tert-OH is 1. The lowest BCUT2D eigenvalue weighted by molar-refractivity contribution is -0.0658. The number of hydrogen-bond donors (Lipinski definition) is 2. The molecule has 1 heterocycles. The number of hydrogen-bond acceptors (Lipinski definition) is 4. The first kappa shape index (κ1) is 15.0. The molecule has 0 aromatic heterocycles. The molecule has 0 aliphatic carbocycles. The molecule has 1 aliphatic rings. The van der Waals surface area contributed by atoms with Crippen LogP contribution < -0.4 is 10.1 Å². The van der Waals surface area contributed by atoms with E-state index >= 15 is 0 Å². The van der Waals surface area contributed by atoms with E-state index < -0.39 is 11.7 Å². The second kappa shape index (κ2) is 5.19. The number of Topliss-reactive ketones (excluding diaryl/α,β-unsaturated/α-hetero) is 1. The van der Waals surface area contributed by atoms with Crippen molar-refractivity contribution in [2.45, 2.75) is 58.4 Å². The van der Waals surface area contributed by atoms with E-state index in [-0.39, 0.29) is 17.9 Å². The van der Waals surface area contributed by atoms with E-state index in [1.54, 1.807) is 6.07 Å². The van der Waals surface area contributed by atoms with Crippen LogP contribution in [-0.2, 0) is 0 Å². The van der Waals surface area contributed by atoms with Crippen molar-refractivity contribution in [3.63, 3.8) is 0 Å². The summed E-state index contributed by atoms with van der Waals surface area (Å²) in [5.74, 6) is 0.735. The minimum atomic E-state index is -0.681. The number of benzene rings is 1. The maximum atomic E-state index is 11.5. The molecule has 0 saturated heterocycles. The Morgan fingerprint density at radius 3 is 2.60 bits per heavy atom. The molecule has 0 fully saturated rings. The molecule has 0 bridgehead atoms. The summed E-state index contributed by atoms with van der Waals surface area (Å²) in [4.78, 5) is 11.5. The predicted octanol–water partition coefficient (Wildman–Crippen LogP) is 2.46. The number of carbonyl (C=O) groups is 1. The summed E-state index contributed by atoms with van der Waals surface area (Å²) in [7, 11) is 0. The highest BCUT2D eigenvalue weighted by molar-refractivity contribution is 5.94. The molecule has 1 aromatic rings. The SMILES string of the molecule is CC(=O)c1ccc2c(c1)C(NC(C)C)C(O)C(C)(C)O2. The summed E-state index contributed by atoms with van der Waals surface area (Å²) >= 11 is 0. The van der Waals surface area contributed by atoms with E-state index in [0.717, 1.165) is 11.3 Å². The molecule has 2 unspecified atom stereocenters. The molecule has 2 atom stereocenters. The topological polar surface area (TPSA) is 58.6 Å². The third-order valence-corrected chi connectivity index (χ3v) is 3.67. The van der Waals surface area contributed by atoms with Gasteiger partial charge in [-0.1, -0.05) is 13.8 Å². The third kappa shape index (κ3) is 2.72. The van der Waals surface area contributed by atoms with E-state index in [4.69, 9.17) is 4.74 Å². The highest BCUT2D eigenvalue weighted by atomic mass is 16.5. The Bertz CT molecular complexity index is 522.